The van der Waals surface area contributed by atoms with Crippen molar-refractivity contribution in [1.29, 1.82) is 0 Å². The molecule has 1 aliphatic rings. The summed E-state index contributed by atoms with van der Waals surface area (Å²) in [5.41, 5.74) is 0.744. The van der Waals surface area contributed by atoms with Crippen molar-refractivity contribution in [3.63, 3.8) is 0 Å². The molecule has 1 aromatic carbocycles. The lowest BCUT2D eigenvalue weighted by molar-refractivity contribution is -0.131. The van der Waals surface area contributed by atoms with Crippen molar-refractivity contribution in [2.45, 2.75) is 64.3 Å². The van der Waals surface area contributed by atoms with E-state index >= 15 is 0 Å². The molecule has 1 fully saturated rings. The topological polar surface area (TPSA) is 58.1 Å². The van der Waals surface area contributed by atoms with Gasteiger partial charge in [0.1, 0.15) is 0 Å². The molecule has 6 heteroatoms. The highest BCUT2D eigenvalue weighted by Gasteiger charge is 2.14. The maximum absolute atomic E-state index is 12.6. The number of aromatic amines is 1. The molecule has 146 valence electrons. The van der Waals surface area contributed by atoms with Crippen molar-refractivity contribution in [1.82, 2.24) is 14.5 Å². The zero-order valence-corrected chi connectivity index (χ0v) is 16.7. The second-order valence-corrected chi connectivity index (χ2v) is 7.78. The number of amides is 1. The van der Waals surface area contributed by atoms with E-state index in [1.807, 2.05) is 29.2 Å². The Bertz CT molecular complexity index is 879. The summed E-state index contributed by atoms with van der Waals surface area (Å²) in [6.45, 7) is 2.43. The van der Waals surface area contributed by atoms with Crippen LogP contribution < -0.4 is 5.56 Å². The summed E-state index contributed by atoms with van der Waals surface area (Å²) in [6.07, 6.45) is 9.31. The summed E-state index contributed by atoms with van der Waals surface area (Å²) < 4.78 is 2.10. The first-order chi connectivity index (χ1) is 13.2. The molecule has 1 saturated heterocycles. The number of carbonyl (C=O) groups excluding carboxylic acids is 1. The molecular weight excluding hydrogens is 358 g/mol. The van der Waals surface area contributed by atoms with Crippen LogP contribution in [-0.4, -0.2) is 33.4 Å². The molecule has 0 bridgehead atoms. The molecule has 27 heavy (non-hydrogen) atoms. The van der Waals surface area contributed by atoms with Crippen molar-refractivity contribution in [3.05, 3.63) is 39.4 Å². The minimum atomic E-state index is -0.0361. The molecule has 2 heterocycles. The van der Waals surface area contributed by atoms with Crippen LogP contribution in [0.4, 0.5) is 0 Å². The fraction of sp³-hybridized carbons (Fsp3) is 0.571. The van der Waals surface area contributed by atoms with E-state index in [-0.39, 0.29) is 11.5 Å². The van der Waals surface area contributed by atoms with Crippen LogP contribution in [0.25, 0.3) is 10.9 Å². The van der Waals surface area contributed by atoms with E-state index in [0.717, 1.165) is 50.7 Å². The van der Waals surface area contributed by atoms with Crippen LogP contribution >= 0.6 is 12.2 Å². The van der Waals surface area contributed by atoms with Gasteiger partial charge in [-0.05, 0) is 50.0 Å². The fourth-order valence-corrected chi connectivity index (χ4v) is 4.06. The van der Waals surface area contributed by atoms with Gasteiger partial charge in [-0.2, -0.15) is 0 Å². The smallest absolute Gasteiger partial charge is 0.262 e. The molecule has 5 nitrogen and oxygen atoms in total. The third-order valence-corrected chi connectivity index (χ3v) is 5.69. The molecule has 2 aromatic rings. The Morgan fingerprint density at radius 1 is 1.00 bits per heavy atom. The predicted molar refractivity (Wildman–Crippen MR) is 112 cm³/mol. The number of fused-ring (bicyclic) bond motifs is 1. The number of benzene rings is 1. The van der Waals surface area contributed by atoms with Gasteiger partial charge in [0.05, 0.1) is 10.9 Å². The molecule has 0 aliphatic carbocycles. The summed E-state index contributed by atoms with van der Waals surface area (Å²) in [5, 5.41) is 0.665. The molecule has 1 aliphatic heterocycles. The predicted octanol–water partition coefficient (Wildman–Crippen LogP) is 4.41. The highest BCUT2D eigenvalue weighted by Crippen LogP contribution is 2.13. The Morgan fingerprint density at radius 3 is 2.48 bits per heavy atom. The van der Waals surface area contributed by atoms with Crippen LogP contribution in [0, 0.1) is 4.77 Å². The fourth-order valence-electron chi connectivity index (χ4n) is 3.78. The first kappa shape index (κ1) is 19.8. The number of likely N-dealkylation sites (tertiary alicyclic amines) is 1. The Kier molecular flexibility index (Phi) is 7.21. The average molecular weight is 388 g/mol. The van der Waals surface area contributed by atoms with Gasteiger partial charge >= 0.3 is 0 Å². The number of nitrogens with zero attached hydrogens (tertiary/aromatic N) is 2. The van der Waals surface area contributed by atoms with E-state index in [1.54, 1.807) is 4.57 Å². The number of hydrogen-bond acceptors (Lipinski definition) is 3. The normalized spacial score (nSPS) is 15.5. The number of hydrogen-bond donors (Lipinski definition) is 1. The zero-order chi connectivity index (χ0) is 19.1. The van der Waals surface area contributed by atoms with Crippen LogP contribution in [0.3, 0.4) is 0 Å². The Labute approximate surface area is 165 Å². The standard InChI is InChI=1S/C21H29N3O2S/c25-19(23-14-8-2-1-3-9-15-23)13-5-4-10-16-24-20(26)17-11-6-7-12-18(17)22-21(24)27/h6-7,11-12H,1-5,8-10,13-16H2,(H,22,27). The van der Waals surface area contributed by atoms with E-state index in [4.69, 9.17) is 12.2 Å². The highest BCUT2D eigenvalue weighted by molar-refractivity contribution is 7.71. The maximum atomic E-state index is 12.6. The Balaban J connectivity index is 1.48. The minimum absolute atomic E-state index is 0.0361. The summed E-state index contributed by atoms with van der Waals surface area (Å²) >= 11 is 5.34. The van der Waals surface area contributed by atoms with Crippen LogP contribution in [0.1, 0.15) is 57.8 Å². The Morgan fingerprint density at radius 2 is 1.70 bits per heavy atom. The quantitative estimate of drug-likeness (QED) is 0.590. The molecular formula is C21H29N3O2S. The van der Waals surface area contributed by atoms with Gasteiger partial charge < -0.3 is 9.88 Å². The Hall–Kier alpha value is -1.95. The second kappa shape index (κ2) is 9.83. The van der Waals surface area contributed by atoms with E-state index in [2.05, 4.69) is 4.98 Å². The monoisotopic (exact) mass is 387 g/mol. The summed E-state index contributed by atoms with van der Waals surface area (Å²) in [6, 6.07) is 7.44. The van der Waals surface area contributed by atoms with Gasteiger partial charge in [0.15, 0.2) is 4.77 Å². The van der Waals surface area contributed by atoms with Crippen molar-refractivity contribution in [2.75, 3.05) is 13.1 Å². The van der Waals surface area contributed by atoms with Crippen molar-refractivity contribution in [2.24, 2.45) is 0 Å². The lowest BCUT2D eigenvalue weighted by atomic mass is 10.1. The van der Waals surface area contributed by atoms with Gasteiger partial charge in [-0.1, -0.05) is 37.8 Å². The third-order valence-electron chi connectivity index (χ3n) is 5.37. The van der Waals surface area contributed by atoms with Crippen LogP contribution in [0.2, 0.25) is 0 Å². The van der Waals surface area contributed by atoms with Crippen LogP contribution in [0.15, 0.2) is 29.1 Å². The van der Waals surface area contributed by atoms with E-state index in [9.17, 15) is 9.59 Å². The van der Waals surface area contributed by atoms with Crippen LogP contribution in [-0.2, 0) is 11.3 Å². The van der Waals surface area contributed by atoms with Crippen molar-refractivity contribution in [3.8, 4) is 0 Å². The van der Waals surface area contributed by atoms with E-state index < -0.39 is 0 Å². The SMILES string of the molecule is O=C(CCCCCn1c(=S)[nH]c2ccccc2c1=O)N1CCCCCCC1. The molecule has 0 saturated carbocycles. The number of H-pyrrole nitrogens is 1. The van der Waals surface area contributed by atoms with Gasteiger partial charge in [-0.25, -0.2) is 0 Å². The number of para-hydroxylation sites is 1. The first-order valence-electron chi connectivity index (χ1n) is 10.2. The van der Waals surface area contributed by atoms with Gasteiger partial charge in [0, 0.05) is 26.1 Å². The average Bonchev–Trinajstić information content (AvgIpc) is 2.63. The largest absolute Gasteiger partial charge is 0.343 e. The molecule has 1 aromatic heterocycles. The molecule has 0 atom stereocenters. The summed E-state index contributed by atoms with van der Waals surface area (Å²) in [7, 11) is 0. The molecule has 1 N–H and O–H groups in total. The highest BCUT2D eigenvalue weighted by atomic mass is 32.1. The number of carbonyl (C=O) groups is 1. The lowest BCUT2D eigenvalue weighted by Crippen LogP contribution is -2.33. The summed E-state index contributed by atoms with van der Waals surface area (Å²) in [4.78, 5) is 30.2. The van der Waals surface area contributed by atoms with Gasteiger partial charge in [-0.3, -0.25) is 14.2 Å². The number of rotatable bonds is 6. The van der Waals surface area contributed by atoms with Crippen molar-refractivity contribution < 1.29 is 4.79 Å². The van der Waals surface area contributed by atoms with Crippen LogP contribution in [0.5, 0.6) is 0 Å². The van der Waals surface area contributed by atoms with Gasteiger partial charge in [0.2, 0.25) is 5.91 Å². The molecule has 0 radical (unpaired) electrons. The van der Waals surface area contributed by atoms with E-state index in [1.165, 1.54) is 19.3 Å². The van der Waals surface area contributed by atoms with Gasteiger partial charge in [-0.15, -0.1) is 0 Å². The summed E-state index contributed by atoms with van der Waals surface area (Å²) in [5.74, 6) is 0.289. The van der Waals surface area contributed by atoms with E-state index in [0.29, 0.717) is 23.1 Å². The molecule has 1 amide bonds. The van der Waals surface area contributed by atoms with Crippen molar-refractivity contribution >= 4 is 29.0 Å². The second-order valence-electron chi connectivity index (χ2n) is 7.39. The third kappa shape index (κ3) is 5.28. The first-order valence-corrected chi connectivity index (χ1v) is 10.6. The number of unbranched alkanes of at least 4 members (excludes halogenated alkanes) is 2. The molecule has 3 rings (SSSR count). The molecule has 0 spiro atoms. The zero-order valence-electron chi connectivity index (χ0n) is 15.9. The maximum Gasteiger partial charge on any atom is 0.262 e. The van der Waals surface area contributed by atoms with Gasteiger partial charge in [0.25, 0.3) is 5.56 Å². The lowest BCUT2D eigenvalue weighted by Gasteiger charge is -2.24. The molecule has 0 unspecified atom stereocenters. The minimum Gasteiger partial charge on any atom is -0.343 e. The number of nitrogens with one attached hydrogen (secondary N) is 1. The number of aromatic nitrogens is 2.